The highest BCUT2D eigenvalue weighted by molar-refractivity contribution is 14.1. The van der Waals surface area contributed by atoms with E-state index in [9.17, 15) is 4.79 Å². The van der Waals surface area contributed by atoms with Gasteiger partial charge in [0, 0.05) is 8.59 Å². The molecular weight excluding hydrogens is 419 g/mol. The minimum Gasteiger partial charge on any atom is -0.391 e. The summed E-state index contributed by atoms with van der Waals surface area (Å²) in [5.41, 5.74) is 5.97. The first-order chi connectivity index (χ1) is 9.94. The van der Waals surface area contributed by atoms with Crippen molar-refractivity contribution >= 4 is 57.3 Å². The van der Waals surface area contributed by atoms with Crippen molar-refractivity contribution in [2.24, 2.45) is 5.73 Å². The highest BCUT2D eigenvalue weighted by atomic mass is 127. The van der Waals surface area contributed by atoms with Gasteiger partial charge in [0.05, 0.1) is 16.1 Å². The lowest BCUT2D eigenvalue weighted by Crippen LogP contribution is -2.56. The molecule has 6 heteroatoms. The van der Waals surface area contributed by atoms with E-state index in [0.717, 1.165) is 42.1 Å². The van der Waals surface area contributed by atoms with Crippen molar-refractivity contribution in [3.05, 3.63) is 32.4 Å². The molecule has 0 spiro atoms. The molecule has 2 rings (SSSR count). The lowest BCUT2D eigenvalue weighted by Gasteiger charge is -2.33. The average Bonchev–Trinajstić information content (AvgIpc) is 2.68. The second-order valence-corrected chi connectivity index (χ2v) is 7.48. The van der Waals surface area contributed by atoms with Crippen LogP contribution in [-0.2, 0) is 0 Å². The summed E-state index contributed by atoms with van der Waals surface area (Å²) in [6, 6.07) is 5.29. The first-order valence-corrected chi connectivity index (χ1v) is 8.88. The molecule has 0 atom stereocenters. The van der Waals surface area contributed by atoms with E-state index < -0.39 is 5.54 Å². The zero-order chi connectivity index (χ0) is 15.5. The summed E-state index contributed by atoms with van der Waals surface area (Å²) >= 11 is 13.4. The van der Waals surface area contributed by atoms with Crippen molar-refractivity contribution in [1.29, 1.82) is 0 Å². The SMILES string of the molecule is NC(=S)C1(NC(=O)c2cc(Cl)ccc2I)CCCCCC1. The van der Waals surface area contributed by atoms with E-state index in [0.29, 0.717) is 15.6 Å². The summed E-state index contributed by atoms with van der Waals surface area (Å²) in [4.78, 5) is 13.0. The summed E-state index contributed by atoms with van der Waals surface area (Å²) in [6.45, 7) is 0. The Morgan fingerprint density at radius 1 is 1.29 bits per heavy atom. The molecule has 1 amide bonds. The van der Waals surface area contributed by atoms with Crippen molar-refractivity contribution in [2.75, 3.05) is 0 Å². The van der Waals surface area contributed by atoms with Gasteiger partial charge in [-0.1, -0.05) is 49.5 Å². The van der Waals surface area contributed by atoms with Gasteiger partial charge in [-0.25, -0.2) is 0 Å². The number of thiocarbonyl (C=S) groups is 1. The van der Waals surface area contributed by atoms with Gasteiger partial charge in [0.2, 0.25) is 0 Å². The van der Waals surface area contributed by atoms with Gasteiger partial charge >= 0.3 is 0 Å². The minimum atomic E-state index is -0.561. The zero-order valence-corrected chi connectivity index (χ0v) is 15.4. The Balaban J connectivity index is 2.26. The van der Waals surface area contributed by atoms with Gasteiger partial charge in [-0.3, -0.25) is 4.79 Å². The lowest BCUT2D eigenvalue weighted by atomic mass is 9.89. The van der Waals surface area contributed by atoms with Crippen LogP contribution in [0.4, 0.5) is 0 Å². The summed E-state index contributed by atoms with van der Waals surface area (Å²) in [5, 5.41) is 3.63. The Morgan fingerprint density at radius 3 is 2.48 bits per heavy atom. The molecule has 3 N–H and O–H groups in total. The van der Waals surface area contributed by atoms with Crippen LogP contribution in [0.3, 0.4) is 0 Å². The Labute approximate surface area is 149 Å². The molecule has 0 saturated heterocycles. The van der Waals surface area contributed by atoms with E-state index in [1.807, 2.05) is 6.07 Å². The standard InChI is InChI=1S/C15H18ClIN2OS/c16-10-5-6-12(17)11(9-10)13(20)19-15(14(18)21)7-3-1-2-4-8-15/h5-6,9H,1-4,7-8H2,(H2,18,21)(H,19,20). The number of amides is 1. The quantitative estimate of drug-likeness (QED) is 0.427. The number of hydrogen-bond acceptors (Lipinski definition) is 2. The molecule has 0 unspecified atom stereocenters. The summed E-state index contributed by atoms with van der Waals surface area (Å²) < 4.78 is 0.862. The van der Waals surface area contributed by atoms with E-state index >= 15 is 0 Å². The number of carbonyl (C=O) groups is 1. The monoisotopic (exact) mass is 436 g/mol. The number of carbonyl (C=O) groups excluding carboxylic acids is 1. The van der Waals surface area contributed by atoms with Gasteiger partial charge in [-0.15, -0.1) is 0 Å². The van der Waals surface area contributed by atoms with Crippen molar-refractivity contribution in [2.45, 2.75) is 44.1 Å². The fourth-order valence-electron chi connectivity index (χ4n) is 2.72. The maximum absolute atomic E-state index is 12.6. The maximum atomic E-state index is 12.6. The van der Waals surface area contributed by atoms with Gasteiger partial charge in [-0.2, -0.15) is 0 Å². The second kappa shape index (κ2) is 7.24. The summed E-state index contributed by atoms with van der Waals surface area (Å²) in [7, 11) is 0. The second-order valence-electron chi connectivity index (χ2n) is 5.44. The third-order valence-corrected chi connectivity index (χ3v) is 5.52. The molecule has 114 valence electrons. The minimum absolute atomic E-state index is 0.156. The van der Waals surface area contributed by atoms with Gasteiger partial charge in [-0.05, 0) is 53.6 Å². The Bertz CT molecular complexity index is 557. The van der Waals surface area contributed by atoms with Crippen LogP contribution in [0.15, 0.2) is 18.2 Å². The molecule has 0 aliphatic heterocycles. The predicted octanol–water partition coefficient (Wildman–Crippen LogP) is 4.05. The van der Waals surface area contributed by atoms with Gasteiger partial charge in [0.1, 0.15) is 0 Å². The smallest absolute Gasteiger partial charge is 0.253 e. The normalized spacial score (nSPS) is 17.8. The molecule has 1 aliphatic carbocycles. The van der Waals surface area contributed by atoms with Crippen molar-refractivity contribution in [1.82, 2.24) is 5.32 Å². The van der Waals surface area contributed by atoms with Crippen LogP contribution < -0.4 is 11.1 Å². The molecular formula is C15H18ClIN2OS. The molecule has 0 bridgehead atoms. The Morgan fingerprint density at radius 2 is 1.90 bits per heavy atom. The van der Waals surface area contributed by atoms with Crippen molar-refractivity contribution in [3.8, 4) is 0 Å². The van der Waals surface area contributed by atoms with Crippen molar-refractivity contribution in [3.63, 3.8) is 0 Å². The average molecular weight is 437 g/mol. The fraction of sp³-hybridized carbons (Fsp3) is 0.467. The predicted molar refractivity (Wildman–Crippen MR) is 98.9 cm³/mol. The summed E-state index contributed by atoms with van der Waals surface area (Å²) in [6.07, 6.45) is 6.01. The molecule has 0 heterocycles. The zero-order valence-electron chi connectivity index (χ0n) is 11.6. The van der Waals surface area contributed by atoms with Gasteiger partial charge < -0.3 is 11.1 Å². The van der Waals surface area contributed by atoms with Crippen LogP contribution in [0.25, 0.3) is 0 Å². The Hall–Kier alpha value is -0.400. The highest BCUT2D eigenvalue weighted by Crippen LogP contribution is 2.28. The van der Waals surface area contributed by atoms with Crippen LogP contribution in [0.1, 0.15) is 48.9 Å². The maximum Gasteiger partial charge on any atom is 0.253 e. The number of halogens is 2. The van der Waals surface area contributed by atoms with Crippen LogP contribution in [-0.4, -0.2) is 16.4 Å². The molecule has 1 fully saturated rings. The van der Waals surface area contributed by atoms with Crippen LogP contribution in [0.2, 0.25) is 5.02 Å². The summed E-state index contributed by atoms with van der Waals surface area (Å²) in [5.74, 6) is -0.156. The van der Waals surface area contributed by atoms with E-state index in [1.54, 1.807) is 12.1 Å². The topological polar surface area (TPSA) is 55.1 Å². The van der Waals surface area contributed by atoms with Crippen LogP contribution in [0.5, 0.6) is 0 Å². The molecule has 21 heavy (non-hydrogen) atoms. The first kappa shape index (κ1) is 17.0. The molecule has 0 aromatic heterocycles. The van der Waals surface area contributed by atoms with E-state index in [-0.39, 0.29) is 5.91 Å². The molecule has 1 saturated carbocycles. The third-order valence-electron chi connectivity index (χ3n) is 3.95. The first-order valence-electron chi connectivity index (χ1n) is 7.02. The largest absolute Gasteiger partial charge is 0.391 e. The number of rotatable bonds is 3. The van der Waals surface area contributed by atoms with Gasteiger partial charge in [0.25, 0.3) is 5.91 Å². The molecule has 1 aromatic carbocycles. The van der Waals surface area contributed by atoms with Gasteiger partial charge in [0.15, 0.2) is 0 Å². The van der Waals surface area contributed by atoms with E-state index in [2.05, 4.69) is 27.9 Å². The number of nitrogens with two attached hydrogens (primary N) is 1. The highest BCUT2D eigenvalue weighted by Gasteiger charge is 2.36. The fourth-order valence-corrected chi connectivity index (χ4v) is 3.73. The number of benzene rings is 1. The van der Waals surface area contributed by atoms with E-state index in [1.165, 1.54) is 0 Å². The number of hydrogen-bond donors (Lipinski definition) is 2. The molecule has 0 radical (unpaired) electrons. The van der Waals surface area contributed by atoms with E-state index in [4.69, 9.17) is 29.6 Å². The molecule has 1 aliphatic rings. The van der Waals surface area contributed by atoms with Crippen LogP contribution in [0, 0.1) is 3.57 Å². The molecule has 3 nitrogen and oxygen atoms in total. The lowest BCUT2D eigenvalue weighted by molar-refractivity contribution is 0.0916. The van der Waals surface area contributed by atoms with Crippen molar-refractivity contribution < 1.29 is 4.79 Å². The molecule has 1 aromatic rings. The van der Waals surface area contributed by atoms with Crippen LogP contribution >= 0.6 is 46.4 Å². The third kappa shape index (κ3) is 4.07. The number of nitrogens with one attached hydrogen (secondary N) is 1. The Kier molecular flexibility index (Phi) is 5.85.